The third-order valence-electron chi connectivity index (χ3n) is 11.9. The molecule has 0 amide bonds. The number of hydrogen-bond donors (Lipinski definition) is 1. The Bertz CT molecular complexity index is 860. The number of fused-ring (bicyclic) bond motifs is 5. The van der Waals surface area contributed by atoms with Crippen molar-refractivity contribution >= 4 is 5.97 Å². The molecule has 0 aromatic carbocycles. The van der Waals surface area contributed by atoms with Crippen LogP contribution in [0, 0.1) is 40.9 Å². The van der Waals surface area contributed by atoms with Crippen LogP contribution < -0.4 is 0 Å². The van der Waals surface area contributed by atoms with E-state index in [2.05, 4.69) is 45.9 Å². The van der Waals surface area contributed by atoms with Crippen LogP contribution >= 0.6 is 0 Å². The summed E-state index contributed by atoms with van der Waals surface area (Å²) in [5.74, 6) is 4.16. The van der Waals surface area contributed by atoms with Crippen molar-refractivity contribution in [3.63, 3.8) is 0 Å². The number of carbonyl (C=O) groups excluding carboxylic acids is 1. The SMILES string of the molecule is CCCCCCCC/C=C\CCCCCCCC(=O)O[C@H]1CCC2C3C(C4CCC(O)C=C4C[C@H]3C)[C@@H](C)C[C@@]21C. The number of hydrogen-bond acceptors (Lipinski definition) is 3. The summed E-state index contributed by atoms with van der Waals surface area (Å²) in [5, 5.41) is 10.3. The standard InChI is InChI=1S/C38H64O3/c1-5-6-7-8-9-10-11-12-13-14-15-16-17-18-19-20-35(40)41-34-24-23-33-37-28(2)25-30-26-31(39)21-22-32(30)36(37)29(3)27-38(33,34)4/h12-13,26,28-29,31-34,36-37,39H,5-11,14-25,27H2,1-4H3/b13-12-/t28-,29+,31?,32?,33?,34+,36?,37?,38+/m1/s1. The zero-order valence-electron chi connectivity index (χ0n) is 27.3. The van der Waals surface area contributed by atoms with E-state index >= 15 is 0 Å². The Balaban J connectivity index is 1.12. The van der Waals surface area contributed by atoms with Gasteiger partial charge in [0.05, 0.1) is 6.10 Å². The van der Waals surface area contributed by atoms with E-state index in [-0.39, 0.29) is 23.6 Å². The van der Waals surface area contributed by atoms with Crippen LogP contribution in [0.4, 0.5) is 0 Å². The van der Waals surface area contributed by atoms with Gasteiger partial charge in [0.15, 0.2) is 0 Å². The van der Waals surface area contributed by atoms with Gasteiger partial charge in [0, 0.05) is 11.8 Å². The number of allylic oxidation sites excluding steroid dienone is 3. The van der Waals surface area contributed by atoms with Crippen molar-refractivity contribution in [3.05, 3.63) is 23.8 Å². The van der Waals surface area contributed by atoms with Crippen molar-refractivity contribution in [2.75, 3.05) is 0 Å². The summed E-state index contributed by atoms with van der Waals surface area (Å²) < 4.78 is 6.29. The van der Waals surface area contributed by atoms with Gasteiger partial charge >= 0.3 is 5.97 Å². The lowest BCUT2D eigenvalue weighted by atomic mass is 9.47. The molecule has 3 fully saturated rings. The monoisotopic (exact) mass is 568 g/mol. The Morgan fingerprint density at radius 1 is 0.878 bits per heavy atom. The van der Waals surface area contributed by atoms with Crippen LogP contribution in [0.3, 0.4) is 0 Å². The number of rotatable bonds is 16. The van der Waals surface area contributed by atoms with Gasteiger partial charge in [-0.15, -0.1) is 0 Å². The highest BCUT2D eigenvalue weighted by molar-refractivity contribution is 5.69. The van der Waals surface area contributed by atoms with Gasteiger partial charge in [-0.05, 0) is 106 Å². The van der Waals surface area contributed by atoms with E-state index in [1.165, 1.54) is 83.5 Å². The molecule has 4 rings (SSSR count). The second-order valence-electron chi connectivity index (χ2n) is 15.0. The van der Waals surface area contributed by atoms with Gasteiger partial charge in [0.25, 0.3) is 0 Å². The maximum atomic E-state index is 12.9. The zero-order chi connectivity index (χ0) is 29.2. The molecule has 0 aromatic heterocycles. The molecule has 1 N–H and O–H groups in total. The van der Waals surface area contributed by atoms with E-state index in [0.29, 0.717) is 30.1 Å². The second-order valence-corrected chi connectivity index (χ2v) is 15.0. The lowest BCUT2D eigenvalue weighted by Gasteiger charge is -2.58. The van der Waals surface area contributed by atoms with Crippen molar-refractivity contribution in [2.45, 2.75) is 168 Å². The highest BCUT2D eigenvalue weighted by Crippen LogP contribution is 2.65. The highest BCUT2D eigenvalue weighted by Gasteiger charge is 2.60. The topological polar surface area (TPSA) is 46.5 Å². The summed E-state index contributed by atoms with van der Waals surface area (Å²) >= 11 is 0. The van der Waals surface area contributed by atoms with Crippen LogP contribution in [0.5, 0.6) is 0 Å². The maximum absolute atomic E-state index is 12.9. The fourth-order valence-corrected chi connectivity index (χ4v) is 9.97. The van der Waals surface area contributed by atoms with Gasteiger partial charge in [-0.25, -0.2) is 0 Å². The largest absolute Gasteiger partial charge is 0.462 e. The Morgan fingerprint density at radius 3 is 2.24 bits per heavy atom. The minimum absolute atomic E-state index is 0.0486. The summed E-state index contributed by atoms with van der Waals surface area (Å²) in [6.45, 7) is 9.67. The second kappa shape index (κ2) is 16.1. The summed E-state index contributed by atoms with van der Waals surface area (Å²) in [5.41, 5.74) is 1.68. The average Bonchev–Trinajstić information content (AvgIpc) is 3.25. The number of carbonyl (C=O) groups is 1. The Kier molecular flexibility index (Phi) is 12.9. The van der Waals surface area contributed by atoms with Gasteiger partial charge in [-0.3, -0.25) is 4.79 Å². The van der Waals surface area contributed by atoms with Crippen molar-refractivity contribution in [1.82, 2.24) is 0 Å². The summed E-state index contributed by atoms with van der Waals surface area (Å²) in [4.78, 5) is 12.9. The smallest absolute Gasteiger partial charge is 0.306 e. The van der Waals surface area contributed by atoms with Crippen molar-refractivity contribution in [3.8, 4) is 0 Å². The predicted molar refractivity (Wildman–Crippen MR) is 172 cm³/mol. The fourth-order valence-electron chi connectivity index (χ4n) is 9.97. The van der Waals surface area contributed by atoms with Crippen LogP contribution in [0.15, 0.2) is 23.8 Å². The average molecular weight is 569 g/mol. The molecule has 0 heterocycles. The maximum Gasteiger partial charge on any atom is 0.306 e. The third kappa shape index (κ3) is 8.51. The van der Waals surface area contributed by atoms with Gasteiger partial charge in [-0.2, -0.15) is 0 Å². The molecular formula is C38H64O3. The molecule has 5 unspecified atom stereocenters. The molecule has 0 radical (unpaired) electrons. The quantitative estimate of drug-likeness (QED) is 0.114. The minimum Gasteiger partial charge on any atom is -0.462 e. The lowest BCUT2D eigenvalue weighted by molar-refractivity contribution is -0.163. The van der Waals surface area contributed by atoms with E-state index in [9.17, 15) is 9.90 Å². The molecular weight excluding hydrogens is 504 g/mol. The van der Waals surface area contributed by atoms with Gasteiger partial charge in [-0.1, -0.05) is 103 Å². The summed E-state index contributed by atoms with van der Waals surface area (Å²) in [7, 11) is 0. The van der Waals surface area contributed by atoms with Crippen molar-refractivity contribution in [1.29, 1.82) is 0 Å². The van der Waals surface area contributed by atoms with E-state index in [1.54, 1.807) is 5.57 Å². The van der Waals surface area contributed by atoms with E-state index in [1.807, 2.05) is 0 Å². The van der Waals surface area contributed by atoms with Gasteiger partial charge in [0.2, 0.25) is 0 Å². The Morgan fingerprint density at radius 2 is 1.54 bits per heavy atom. The first-order valence-electron chi connectivity index (χ1n) is 18.1. The molecule has 0 spiro atoms. The van der Waals surface area contributed by atoms with Crippen LogP contribution in [-0.2, 0) is 9.53 Å². The van der Waals surface area contributed by atoms with E-state index in [0.717, 1.165) is 50.4 Å². The number of esters is 1. The number of aliphatic hydroxyl groups is 1. The molecule has 41 heavy (non-hydrogen) atoms. The normalized spacial score (nSPS) is 36.5. The molecule has 234 valence electrons. The first-order chi connectivity index (χ1) is 19.8. The summed E-state index contributed by atoms with van der Waals surface area (Å²) in [6, 6.07) is 0. The fraction of sp³-hybridized carbons (Fsp3) is 0.868. The lowest BCUT2D eigenvalue weighted by Crippen LogP contribution is -2.54. The molecule has 9 atom stereocenters. The molecule has 4 aliphatic rings. The van der Waals surface area contributed by atoms with E-state index < -0.39 is 0 Å². The Hall–Kier alpha value is -1.09. The Labute approximate surface area is 253 Å². The van der Waals surface area contributed by atoms with Gasteiger partial charge in [0.1, 0.15) is 6.10 Å². The first-order valence-corrected chi connectivity index (χ1v) is 18.1. The van der Waals surface area contributed by atoms with Crippen LogP contribution in [0.25, 0.3) is 0 Å². The van der Waals surface area contributed by atoms with Crippen molar-refractivity contribution in [2.24, 2.45) is 40.9 Å². The van der Waals surface area contributed by atoms with Crippen LogP contribution in [0.1, 0.15) is 156 Å². The molecule has 3 saturated carbocycles. The molecule has 0 aliphatic heterocycles. The number of ether oxygens (including phenoxy) is 1. The molecule has 4 aliphatic carbocycles. The number of unbranched alkanes of at least 4 members (excludes halogenated alkanes) is 11. The minimum atomic E-state index is -0.230. The third-order valence-corrected chi connectivity index (χ3v) is 11.9. The molecule has 0 bridgehead atoms. The summed E-state index contributed by atoms with van der Waals surface area (Å²) in [6.07, 6.45) is 30.7. The number of aliphatic hydroxyl groups excluding tert-OH is 1. The molecule has 3 heteroatoms. The van der Waals surface area contributed by atoms with Crippen molar-refractivity contribution < 1.29 is 14.6 Å². The van der Waals surface area contributed by atoms with Gasteiger partial charge < -0.3 is 9.84 Å². The zero-order valence-corrected chi connectivity index (χ0v) is 27.3. The van der Waals surface area contributed by atoms with Crippen LogP contribution in [-0.4, -0.2) is 23.3 Å². The molecule has 3 nitrogen and oxygen atoms in total. The highest BCUT2D eigenvalue weighted by atomic mass is 16.5. The van der Waals surface area contributed by atoms with E-state index in [4.69, 9.17) is 4.74 Å². The first kappa shape index (κ1) is 32.8. The molecule has 0 saturated heterocycles. The predicted octanol–water partition coefficient (Wildman–Crippen LogP) is 10.4. The molecule has 0 aromatic rings. The van der Waals surface area contributed by atoms with Crippen LogP contribution in [0.2, 0.25) is 0 Å².